The highest BCUT2D eigenvalue weighted by Crippen LogP contribution is 2.26. The fourth-order valence-electron chi connectivity index (χ4n) is 4.04. The predicted octanol–water partition coefficient (Wildman–Crippen LogP) is 4.46. The van der Waals surface area contributed by atoms with E-state index in [9.17, 15) is 9.59 Å². The van der Waals surface area contributed by atoms with E-state index in [0.717, 1.165) is 5.56 Å². The number of amides is 2. The highest BCUT2D eigenvalue weighted by Gasteiger charge is 2.31. The van der Waals surface area contributed by atoms with Crippen molar-refractivity contribution in [1.29, 1.82) is 0 Å². The number of fused-ring (bicyclic) bond motifs is 1. The van der Waals surface area contributed by atoms with Gasteiger partial charge >= 0.3 is 0 Å². The zero-order valence-electron chi connectivity index (χ0n) is 18.9. The van der Waals surface area contributed by atoms with Crippen molar-refractivity contribution < 1.29 is 14.3 Å². The van der Waals surface area contributed by atoms with E-state index in [-0.39, 0.29) is 17.9 Å². The molecule has 166 valence electrons. The van der Waals surface area contributed by atoms with Crippen LogP contribution in [0.3, 0.4) is 0 Å². The van der Waals surface area contributed by atoms with Gasteiger partial charge in [-0.25, -0.2) is 0 Å². The van der Waals surface area contributed by atoms with Gasteiger partial charge in [-0.05, 0) is 49.1 Å². The summed E-state index contributed by atoms with van der Waals surface area (Å²) in [6, 6.07) is 15.1. The zero-order chi connectivity index (χ0) is 23.1. The molecule has 0 fully saturated rings. The molecular weight excluding hydrogens is 400 g/mol. The van der Waals surface area contributed by atoms with Crippen molar-refractivity contribution in [2.24, 2.45) is 0 Å². The van der Waals surface area contributed by atoms with Gasteiger partial charge in [0.15, 0.2) is 0 Å². The molecule has 0 bridgehead atoms. The third-order valence-corrected chi connectivity index (χ3v) is 5.70. The number of benzene rings is 2. The lowest BCUT2D eigenvalue weighted by atomic mass is 9.92. The number of carbonyl (C=O) groups is 2. The molecule has 5 nitrogen and oxygen atoms in total. The Kier molecular flexibility index (Phi) is 7.66. The first-order valence-corrected chi connectivity index (χ1v) is 10.8. The van der Waals surface area contributed by atoms with Crippen LogP contribution >= 0.6 is 0 Å². The second-order valence-corrected chi connectivity index (χ2v) is 7.70. The second-order valence-electron chi connectivity index (χ2n) is 7.70. The van der Waals surface area contributed by atoms with Crippen molar-refractivity contribution in [3.05, 3.63) is 101 Å². The van der Waals surface area contributed by atoms with Crippen molar-refractivity contribution in [2.45, 2.75) is 32.9 Å². The number of nitrogens with zero attached hydrogens (tertiary/aromatic N) is 1. The van der Waals surface area contributed by atoms with Crippen LogP contribution in [-0.4, -0.2) is 36.4 Å². The van der Waals surface area contributed by atoms with Gasteiger partial charge in [0.05, 0.1) is 18.7 Å². The molecule has 1 aliphatic heterocycles. The largest absolute Gasteiger partial charge is 0.496 e. The molecule has 3 rings (SSSR count). The number of ether oxygens (including phenoxy) is 1. The molecule has 2 aromatic carbocycles. The highest BCUT2D eigenvalue weighted by atomic mass is 16.5. The van der Waals surface area contributed by atoms with E-state index in [4.69, 9.17) is 4.74 Å². The van der Waals surface area contributed by atoms with E-state index >= 15 is 0 Å². The first-order valence-electron chi connectivity index (χ1n) is 10.8. The van der Waals surface area contributed by atoms with Gasteiger partial charge in [0.25, 0.3) is 11.8 Å². The first kappa shape index (κ1) is 23.1. The quantitative estimate of drug-likeness (QED) is 0.521. The summed E-state index contributed by atoms with van der Waals surface area (Å²) >= 11 is 0. The number of allylic oxidation sites excluding steroid dienone is 3. The van der Waals surface area contributed by atoms with E-state index < -0.39 is 0 Å². The molecule has 1 atom stereocenters. The number of hydrogen-bond acceptors (Lipinski definition) is 3. The molecule has 5 heteroatoms. The van der Waals surface area contributed by atoms with Crippen molar-refractivity contribution in [2.75, 3.05) is 13.7 Å². The molecule has 1 aliphatic rings. The molecule has 2 aromatic rings. The standard InChI is InChI=1S/C27H30N2O3/c1-5-11-19(3)23(6-2)27(31)29-18-21-13-8-7-12-20(21)16-22(29)17-28-26(30)24-14-9-10-15-25(24)32-4/h5-15,22H,3,16-18H2,1-2,4H3,(H,28,30)/b11-5-,23-6+/t22-/m0/s1. The minimum absolute atomic E-state index is 0.0818. The van der Waals surface area contributed by atoms with Crippen LogP contribution < -0.4 is 10.1 Å². The SMILES string of the molecule is C=C(/C=C\C)/C(=C\C)C(=O)N1Cc2ccccc2C[C@H]1CNC(=O)c1ccccc1OC. The Morgan fingerprint density at radius 3 is 2.50 bits per heavy atom. The van der Waals surface area contributed by atoms with E-state index in [1.54, 1.807) is 31.4 Å². The van der Waals surface area contributed by atoms with E-state index in [0.29, 0.717) is 42.0 Å². The summed E-state index contributed by atoms with van der Waals surface area (Å²) in [5, 5.41) is 3.00. The van der Waals surface area contributed by atoms with Gasteiger partial charge in [-0.1, -0.05) is 61.2 Å². The summed E-state index contributed by atoms with van der Waals surface area (Å²) in [6.45, 7) is 8.62. The average molecular weight is 431 g/mol. The van der Waals surface area contributed by atoms with Gasteiger partial charge in [0, 0.05) is 18.7 Å². The molecule has 0 unspecified atom stereocenters. The van der Waals surface area contributed by atoms with Gasteiger partial charge in [-0.15, -0.1) is 0 Å². The summed E-state index contributed by atoms with van der Waals surface area (Å²) in [4.78, 5) is 28.2. The van der Waals surface area contributed by atoms with Gasteiger partial charge < -0.3 is 15.0 Å². The summed E-state index contributed by atoms with van der Waals surface area (Å²) in [5.41, 5.74) is 4.04. The maximum absolute atomic E-state index is 13.5. The predicted molar refractivity (Wildman–Crippen MR) is 128 cm³/mol. The van der Waals surface area contributed by atoms with E-state index in [1.807, 2.05) is 49.1 Å². The normalized spacial score (nSPS) is 15.9. The van der Waals surface area contributed by atoms with Gasteiger partial charge in [0.2, 0.25) is 0 Å². The molecule has 0 saturated heterocycles. The Hall–Kier alpha value is -3.60. The van der Waals surface area contributed by atoms with Crippen molar-refractivity contribution in [3.63, 3.8) is 0 Å². The fraction of sp³-hybridized carbons (Fsp3) is 0.259. The molecule has 0 aliphatic carbocycles. The average Bonchev–Trinajstić information content (AvgIpc) is 2.82. The molecule has 1 heterocycles. The van der Waals surface area contributed by atoms with Crippen LogP contribution in [0.25, 0.3) is 0 Å². The smallest absolute Gasteiger partial charge is 0.255 e. The number of hydrogen-bond donors (Lipinski definition) is 1. The monoisotopic (exact) mass is 430 g/mol. The molecule has 2 amide bonds. The molecule has 0 saturated carbocycles. The van der Waals surface area contributed by atoms with Gasteiger partial charge in [0.1, 0.15) is 5.75 Å². The Morgan fingerprint density at radius 1 is 1.12 bits per heavy atom. The maximum Gasteiger partial charge on any atom is 0.255 e. The Labute approximate surface area is 190 Å². The van der Waals surface area contributed by atoms with Crippen molar-refractivity contribution in [1.82, 2.24) is 10.2 Å². The maximum atomic E-state index is 13.5. The number of carbonyl (C=O) groups excluding carboxylic acids is 2. The van der Waals surface area contributed by atoms with Crippen LogP contribution in [0.2, 0.25) is 0 Å². The minimum atomic E-state index is -0.224. The third-order valence-electron chi connectivity index (χ3n) is 5.70. The van der Waals surface area contributed by atoms with E-state index in [2.05, 4.69) is 24.0 Å². The lowest BCUT2D eigenvalue weighted by molar-refractivity contribution is -0.130. The second kappa shape index (κ2) is 10.6. The molecular formula is C27H30N2O3. The van der Waals surface area contributed by atoms with Crippen LogP contribution in [0.4, 0.5) is 0 Å². The summed E-state index contributed by atoms with van der Waals surface area (Å²) < 4.78 is 5.31. The number of methoxy groups -OCH3 is 1. The van der Waals surface area contributed by atoms with Crippen LogP contribution in [0.1, 0.15) is 35.3 Å². The van der Waals surface area contributed by atoms with Crippen LogP contribution in [-0.2, 0) is 17.8 Å². The lowest BCUT2D eigenvalue weighted by Gasteiger charge is -2.37. The third kappa shape index (κ3) is 4.99. The fourth-order valence-corrected chi connectivity index (χ4v) is 4.04. The molecule has 1 N–H and O–H groups in total. The van der Waals surface area contributed by atoms with Crippen LogP contribution in [0, 0.1) is 0 Å². The van der Waals surface area contributed by atoms with Crippen LogP contribution in [0.15, 0.2) is 84.5 Å². The van der Waals surface area contributed by atoms with Gasteiger partial charge in [-0.3, -0.25) is 9.59 Å². The zero-order valence-corrected chi connectivity index (χ0v) is 18.9. The first-order chi connectivity index (χ1) is 15.5. The summed E-state index contributed by atoms with van der Waals surface area (Å²) in [7, 11) is 1.54. The minimum Gasteiger partial charge on any atom is -0.496 e. The number of nitrogens with one attached hydrogen (secondary N) is 1. The Balaban J connectivity index is 1.85. The van der Waals surface area contributed by atoms with Gasteiger partial charge in [-0.2, -0.15) is 0 Å². The Bertz CT molecular complexity index is 1070. The number of para-hydroxylation sites is 1. The molecule has 0 radical (unpaired) electrons. The molecule has 0 spiro atoms. The molecule has 32 heavy (non-hydrogen) atoms. The van der Waals surface area contributed by atoms with E-state index in [1.165, 1.54) is 5.56 Å². The van der Waals surface area contributed by atoms with Crippen LogP contribution in [0.5, 0.6) is 5.75 Å². The summed E-state index contributed by atoms with van der Waals surface area (Å²) in [6.07, 6.45) is 6.18. The van der Waals surface area contributed by atoms with Crippen molar-refractivity contribution >= 4 is 11.8 Å². The molecule has 0 aromatic heterocycles. The topological polar surface area (TPSA) is 58.6 Å². The lowest BCUT2D eigenvalue weighted by Crippen LogP contribution is -2.50. The number of rotatable bonds is 7. The van der Waals surface area contributed by atoms with Crippen molar-refractivity contribution in [3.8, 4) is 5.75 Å². The highest BCUT2D eigenvalue weighted by molar-refractivity contribution is 5.99. The Morgan fingerprint density at radius 2 is 1.81 bits per heavy atom. The summed E-state index contributed by atoms with van der Waals surface area (Å²) in [5.74, 6) is 0.214.